The van der Waals surface area contributed by atoms with Crippen molar-refractivity contribution in [3.05, 3.63) is 0 Å². The summed E-state index contributed by atoms with van der Waals surface area (Å²) in [6, 6.07) is -0.127. The molecule has 2 rings (SSSR count). The summed E-state index contributed by atoms with van der Waals surface area (Å²) in [4.78, 5) is 11.3. The number of hydrogen-bond donors (Lipinski definition) is 0. The van der Waals surface area contributed by atoms with E-state index in [9.17, 15) is 13.2 Å². The topological polar surface area (TPSA) is 57.7 Å². The summed E-state index contributed by atoms with van der Waals surface area (Å²) >= 11 is 0. The third-order valence-corrected chi connectivity index (χ3v) is 6.13. The lowest BCUT2D eigenvalue weighted by molar-refractivity contribution is -0.118. The highest BCUT2D eigenvalue weighted by Gasteiger charge is 2.37. The van der Waals surface area contributed by atoms with Gasteiger partial charge in [-0.1, -0.05) is 12.8 Å². The van der Waals surface area contributed by atoms with Gasteiger partial charge in [-0.15, -0.1) is 0 Å². The highest BCUT2D eigenvalue weighted by atomic mass is 32.2. The monoisotopic (exact) mass is 288 g/mol. The molecule has 1 atom stereocenters. The Morgan fingerprint density at radius 1 is 1.05 bits per heavy atom. The van der Waals surface area contributed by atoms with Gasteiger partial charge < -0.3 is 0 Å². The summed E-state index contributed by atoms with van der Waals surface area (Å²) in [6.45, 7) is 3.37. The quantitative estimate of drug-likeness (QED) is 0.788. The van der Waals surface area contributed by atoms with Crippen LogP contribution >= 0.6 is 0 Å². The van der Waals surface area contributed by atoms with Crippen LogP contribution in [0.15, 0.2) is 0 Å². The van der Waals surface area contributed by atoms with Crippen molar-refractivity contribution >= 4 is 16.0 Å². The zero-order valence-corrected chi connectivity index (χ0v) is 12.5. The van der Waals surface area contributed by atoms with Gasteiger partial charge in [0.1, 0.15) is 5.78 Å². The second-order valence-corrected chi connectivity index (χ2v) is 7.52. The summed E-state index contributed by atoms with van der Waals surface area (Å²) in [5.74, 6) is 0.0748. The summed E-state index contributed by atoms with van der Waals surface area (Å²) < 4.78 is 28.5. The molecule has 1 unspecified atom stereocenters. The van der Waals surface area contributed by atoms with E-state index >= 15 is 0 Å². The number of nitrogens with zero attached hydrogens (tertiary/aromatic N) is 2. The highest BCUT2D eigenvalue weighted by molar-refractivity contribution is 7.86. The molecule has 2 fully saturated rings. The molecule has 0 aromatic heterocycles. The maximum atomic E-state index is 12.7. The predicted molar refractivity (Wildman–Crippen MR) is 74.0 cm³/mol. The van der Waals surface area contributed by atoms with Gasteiger partial charge in [0.15, 0.2) is 0 Å². The maximum absolute atomic E-state index is 12.7. The van der Waals surface area contributed by atoms with E-state index in [1.807, 2.05) is 0 Å². The Morgan fingerprint density at radius 3 is 2.32 bits per heavy atom. The van der Waals surface area contributed by atoms with E-state index in [-0.39, 0.29) is 11.8 Å². The SMILES string of the molecule is CC(=O)CC1CCCCN1S(=O)(=O)N1CCCCC1. The lowest BCUT2D eigenvalue weighted by atomic mass is 10.0. The molecular formula is C13H24N2O3S. The van der Waals surface area contributed by atoms with Crippen molar-refractivity contribution in [2.45, 2.75) is 57.9 Å². The van der Waals surface area contributed by atoms with Crippen LogP contribution in [0.1, 0.15) is 51.9 Å². The molecule has 0 aromatic carbocycles. The minimum absolute atomic E-state index is 0.0748. The van der Waals surface area contributed by atoms with E-state index in [0.717, 1.165) is 38.5 Å². The molecule has 0 saturated carbocycles. The smallest absolute Gasteiger partial charge is 0.282 e. The fourth-order valence-electron chi connectivity index (χ4n) is 3.06. The first-order valence-corrected chi connectivity index (χ1v) is 8.68. The average molecular weight is 288 g/mol. The lowest BCUT2D eigenvalue weighted by Crippen LogP contribution is -2.52. The van der Waals surface area contributed by atoms with Gasteiger partial charge >= 0.3 is 0 Å². The molecular weight excluding hydrogens is 264 g/mol. The van der Waals surface area contributed by atoms with Crippen LogP contribution in [0.25, 0.3) is 0 Å². The van der Waals surface area contributed by atoms with E-state index in [4.69, 9.17) is 0 Å². The first-order valence-electron chi connectivity index (χ1n) is 7.28. The molecule has 110 valence electrons. The largest absolute Gasteiger partial charge is 0.300 e. The van der Waals surface area contributed by atoms with Crippen LogP contribution in [-0.4, -0.2) is 48.5 Å². The molecule has 0 aromatic rings. The van der Waals surface area contributed by atoms with E-state index in [1.165, 1.54) is 0 Å². The highest BCUT2D eigenvalue weighted by Crippen LogP contribution is 2.26. The molecule has 0 radical (unpaired) electrons. The van der Waals surface area contributed by atoms with Gasteiger partial charge in [-0.05, 0) is 32.6 Å². The number of rotatable bonds is 4. The Hall–Kier alpha value is -0.460. The van der Waals surface area contributed by atoms with Crippen molar-refractivity contribution in [3.63, 3.8) is 0 Å². The Morgan fingerprint density at radius 2 is 1.68 bits per heavy atom. The zero-order chi connectivity index (χ0) is 13.9. The summed E-state index contributed by atoms with van der Waals surface area (Å²) in [7, 11) is -3.37. The summed E-state index contributed by atoms with van der Waals surface area (Å²) in [5.41, 5.74) is 0. The van der Waals surface area contributed by atoms with E-state index < -0.39 is 10.2 Å². The fourth-order valence-corrected chi connectivity index (χ4v) is 4.99. The Bertz CT molecular complexity index is 416. The first-order chi connectivity index (χ1) is 9.01. The van der Waals surface area contributed by atoms with Crippen molar-refractivity contribution in [1.82, 2.24) is 8.61 Å². The molecule has 2 aliphatic rings. The molecule has 0 spiro atoms. The van der Waals surface area contributed by atoms with Crippen LogP contribution in [0.4, 0.5) is 0 Å². The second-order valence-electron chi connectivity index (χ2n) is 5.63. The number of hydrogen-bond acceptors (Lipinski definition) is 3. The molecule has 0 N–H and O–H groups in total. The van der Waals surface area contributed by atoms with E-state index in [0.29, 0.717) is 26.1 Å². The van der Waals surface area contributed by atoms with Crippen LogP contribution in [0.5, 0.6) is 0 Å². The number of carbonyl (C=O) groups excluding carboxylic acids is 1. The van der Waals surface area contributed by atoms with Crippen LogP contribution in [0.2, 0.25) is 0 Å². The normalized spacial score (nSPS) is 27.3. The van der Waals surface area contributed by atoms with Crippen molar-refractivity contribution in [2.75, 3.05) is 19.6 Å². The molecule has 19 heavy (non-hydrogen) atoms. The second kappa shape index (κ2) is 6.33. The van der Waals surface area contributed by atoms with Crippen LogP contribution in [0.3, 0.4) is 0 Å². The average Bonchev–Trinajstić information content (AvgIpc) is 2.39. The van der Waals surface area contributed by atoms with Gasteiger partial charge in [-0.25, -0.2) is 0 Å². The molecule has 6 heteroatoms. The third kappa shape index (κ3) is 3.55. The van der Waals surface area contributed by atoms with Crippen LogP contribution in [-0.2, 0) is 15.0 Å². The zero-order valence-electron chi connectivity index (χ0n) is 11.7. The van der Waals surface area contributed by atoms with Gasteiger partial charge in [0, 0.05) is 32.1 Å². The lowest BCUT2D eigenvalue weighted by Gasteiger charge is -2.38. The van der Waals surface area contributed by atoms with Crippen LogP contribution < -0.4 is 0 Å². The molecule has 0 aliphatic carbocycles. The maximum Gasteiger partial charge on any atom is 0.282 e. The Labute approximate surface area is 116 Å². The number of ketones is 1. The van der Waals surface area contributed by atoms with Gasteiger partial charge in [0.25, 0.3) is 10.2 Å². The van der Waals surface area contributed by atoms with Crippen LogP contribution in [0, 0.1) is 0 Å². The van der Waals surface area contributed by atoms with Crippen molar-refractivity contribution in [1.29, 1.82) is 0 Å². The van der Waals surface area contributed by atoms with Crippen molar-refractivity contribution in [3.8, 4) is 0 Å². The van der Waals surface area contributed by atoms with Gasteiger partial charge in [0.2, 0.25) is 0 Å². The first kappa shape index (κ1) is 14.9. The number of piperidine rings is 2. The van der Waals surface area contributed by atoms with Gasteiger partial charge in [-0.2, -0.15) is 17.0 Å². The van der Waals surface area contributed by atoms with Crippen molar-refractivity contribution in [2.24, 2.45) is 0 Å². The van der Waals surface area contributed by atoms with Gasteiger partial charge in [-0.3, -0.25) is 4.79 Å². The fraction of sp³-hybridized carbons (Fsp3) is 0.923. The molecule has 2 heterocycles. The van der Waals surface area contributed by atoms with Gasteiger partial charge in [0.05, 0.1) is 0 Å². The van der Waals surface area contributed by atoms with E-state index in [2.05, 4.69) is 0 Å². The predicted octanol–water partition coefficient (Wildman–Crippen LogP) is 1.55. The molecule has 2 aliphatic heterocycles. The minimum atomic E-state index is -3.37. The Kier molecular flexibility index (Phi) is 4.97. The summed E-state index contributed by atoms with van der Waals surface area (Å²) in [5, 5.41) is 0. The minimum Gasteiger partial charge on any atom is -0.300 e. The van der Waals surface area contributed by atoms with Crippen molar-refractivity contribution < 1.29 is 13.2 Å². The molecule has 2 saturated heterocycles. The molecule has 0 bridgehead atoms. The Balaban J connectivity index is 2.13. The summed E-state index contributed by atoms with van der Waals surface area (Å²) in [6.07, 6.45) is 6.10. The molecule has 0 amide bonds. The number of Topliss-reactive ketones (excluding diaryl/α,β-unsaturated/α-hetero) is 1. The third-order valence-electron chi connectivity index (χ3n) is 4.03. The number of carbonyl (C=O) groups is 1. The standard InChI is InChI=1S/C13H24N2O3S/c1-12(16)11-13-7-3-6-10-15(13)19(17,18)14-8-4-2-5-9-14/h13H,2-11H2,1H3. The van der Waals surface area contributed by atoms with E-state index in [1.54, 1.807) is 15.5 Å². The molecule has 5 nitrogen and oxygen atoms in total.